The van der Waals surface area contributed by atoms with Crippen LogP contribution in [0.1, 0.15) is 41.1 Å². The van der Waals surface area contributed by atoms with Crippen molar-refractivity contribution in [3.05, 3.63) is 35.7 Å². The summed E-state index contributed by atoms with van der Waals surface area (Å²) in [5, 5.41) is 11.4. The molecular weight excluding hydrogens is 248 g/mol. The van der Waals surface area contributed by atoms with E-state index in [2.05, 4.69) is 10.3 Å². The van der Waals surface area contributed by atoms with Gasteiger partial charge in [0.25, 0.3) is 5.91 Å². The molecule has 1 rings (SSSR count). The average Bonchev–Trinajstić information content (AvgIpc) is 2.83. The number of aromatic amines is 1. The Morgan fingerprint density at radius 1 is 1.47 bits per heavy atom. The Bertz CT molecular complexity index is 516. The highest BCUT2D eigenvalue weighted by atomic mass is 16.4. The number of aromatic nitrogens is 1. The van der Waals surface area contributed by atoms with E-state index < -0.39 is 17.9 Å². The van der Waals surface area contributed by atoms with Crippen molar-refractivity contribution in [3.8, 4) is 0 Å². The van der Waals surface area contributed by atoms with E-state index in [0.29, 0.717) is 5.56 Å². The number of amides is 1. The van der Waals surface area contributed by atoms with Crippen LogP contribution in [0.15, 0.2) is 24.4 Å². The van der Waals surface area contributed by atoms with E-state index in [1.54, 1.807) is 19.1 Å². The average molecular weight is 264 g/mol. The molecule has 0 spiro atoms. The zero-order valence-corrected chi connectivity index (χ0v) is 10.8. The number of aliphatic carboxylic acids is 1. The van der Waals surface area contributed by atoms with E-state index in [0.717, 1.165) is 0 Å². The zero-order chi connectivity index (χ0) is 14.4. The Kier molecular flexibility index (Phi) is 5.05. The quantitative estimate of drug-likeness (QED) is 0.533. The van der Waals surface area contributed by atoms with Gasteiger partial charge in [0.15, 0.2) is 5.78 Å². The Balaban J connectivity index is 2.75. The lowest BCUT2D eigenvalue weighted by atomic mass is 10.2. The Morgan fingerprint density at radius 3 is 2.63 bits per heavy atom. The fourth-order valence-corrected chi connectivity index (χ4v) is 1.46. The van der Waals surface area contributed by atoms with E-state index >= 15 is 0 Å². The molecule has 1 atom stereocenters. The molecule has 0 radical (unpaired) electrons. The highest BCUT2D eigenvalue weighted by Crippen LogP contribution is 2.05. The number of carbonyl (C=O) groups is 3. The third-order valence-electron chi connectivity index (χ3n) is 2.55. The number of carboxylic acid groups (broad SMARTS) is 1. The molecule has 0 aliphatic rings. The second-order valence-electron chi connectivity index (χ2n) is 4.03. The van der Waals surface area contributed by atoms with Gasteiger partial charge in [-0.25, -0.2) is 4.79 Å². The minimum Gasteiger partial charge on any atom is -0.480 e. The zero-order valence-electron chi connectivity index (χ0n) is 10.8. The van der Waals surface area contributed by atoms with Gasteiger partial charge in [-0.2, -0.15) is 0 Å². The molecule has 0 fully saturated rings. The number of Topliss-reactive ketones (excluding diaryl/α,β-unsaturated/α-hetero) is 1. The lowest BCUT2D eigenvalue weighted by Crippen LogP contribution is -2.40. The summed E-state index contributed by atoms with van der Waals surface area (Å²) >= 11 is 0. The molecule has 0 bridgehead atoms. The Morgan fingerprint density at radius 2 is 2.16 bits per heavy atom. The van der Waals surface area contributed by atoms with Crippen LogP contribution < -0.4 is 5.32 Å². The number of H-pyrrole nitrogens is 1. The fraction of sp³-hybridized carbons (Fsp3) is 0.308. The molecule has 1 heterocycles. The molecule has 1 aromatic rings. The van der Waals surface area contributed by atoms with Crippen LogP contribution in [-0.4, -0.2) is 33.8 Å². The van der Waals surface area contributed by atoms with Gasteiger partial charge in [0.2, 0.25) is 0 Å². The molecule has 0 aromatic carbocycles. The molecule has 1 unspecified atom stereocenters. The summed E-state index contributed by atoms with van der Waals surface area (Å²) in [4.78, 5) is 36.5. The van der Waals surface area contributed by atoms with Gasteiger partial charge in [-0.05, 0) is 26.3 Å². The van der Waals surface area contributed by atoms with Crippen LogP contribution in [-0.2, 0) is 4.79 Å². The second kappa shape index (κ2) is 6.53. The molecule has 0 aliphatic heterocycles. The molecule has 19 heavy (non-hydrogen) atoms. The largest absolute Gasteiger partial charge is 0.480 e. The molecule has 6 nitrogen and oxygen atoms in total. The number of nitrogens with one attached hydrogen (secondary N) is 2. The number of ketones is 1. The van der Waals surface area contributed by atoms with Crippen LogP contribution in [0, 0.1) is 0 Å². The number of hydrogen-bond acceptors (Lipinski definition) is 3. The number of carboxylic acids is 1. The highest BCUT2D eigenvalue weighted by Gasteiger charge is 2.20. The van der Waals surface area contributed by atoms with Gasteiger partial charge in [0.05, 0.1) is 0 Å². The smallest absolute Gasteiger partial charge is 0.326 e. The molecule has 6 heteroatoms. The van der Waals surface area contributed by atoms with Gasteiger partial charge < -0.3 is 15.4 Å². The number of carbonyl (C=O) groups excluding carboxylic acids is 2. The lowest BCUT2D eigenvalue weighted by molar-refractivity contribution is -0.139. The minimum atomic E-state index is -1.11. The van der Waals surface area contributed by atoms with Crippen molar-refractivity contribution in [2.45, 2.75) is 26.3 Å². The minimum absolute atomic E-state index is 0.164. The molecule has 1 amide bonds. The summed E-state index contributed by atoms with van der Waals surface area (Å²) in [6.45, 7) is 3.15. The van der Waals surface area contributed by atoms with E-state index in [-0.39, 0.29) is 17.9 Å². The van der Waals surface area contributed by atoms with E-state index in [4.69, 9.17) is 5.11 Å². The SMILES string of the molecule is C/C=C/CC(NC(=O)c1cc(C(C)=O)c[nH]1)C(=O)O. The molecule has 1 aromatic heterocycles. The van der Waals surface area contributed by atoms with Crippen LogP contribution in [0.4, 0.5) is 0 Å². The van der Waals surface area contributed by atoms with Crippen molar-refractivity contribution in [1.29, 1.82) is 0 Å². The van der Waals surface area contributed by atoms with Crippen LogP contribution >= 0.6 is 0 Å². The highest BCUT2D eigenvalue weighted by molar-refractivity contribution is 6.00. The van der Waals surface area contributed by atoms with Crippen LogP contribution in [0.2, 0.25) is 0 Å². The maximum atomic E-state index is 11.8. The molecule has 0 saturated carbocycles. The predicted octanol–water partition coefficient (Wildman–Crippen LogP) is 1.37. The summed E-state index contributed by atoms with van der Waals surface area (Å²) in [6.07, 6.45) is 5.00. The summed E-state index contributed by atoms with van der Waals surface area (Å²) in [5.41, 5.74) is 0.544. The van der Waals surface area contributed by atoms with E-state index in [9.17, 15) is 14.4 Å². The first kappa shape index (κ1) is 14.7. The monoisotopic (exact) mass is 264 g/mol. The normalized spacial score (nSPS) is 12.3. The second-order valence-corrected chi connectivity index (χ2v) is 4.03. The number of hydrogen-bond donors (Lipinski definition) is 3. The van der Waals surface area contributed by atoms with Crippen molar-refractivity contribution in [3.63, 3.8) is 0 Å². The fourth-order valence-electron chi connectivity index (χ4n) is 1.46. The van der Waals surface area contributed by atoms with Crippen molar-refractivity contribution >= 4 is 17.7 Å². The topological polar surface area (TPSA) is 99.3 Å². The Hall–Kier alpha value is -2.37. The predicted molar refractivity (Wildman–Crippen MR) is 69.1 cm³/mol. The summed E-state index contributed by atoms with van der Waals surface area (Å²) in [7, 11) is 0. The van der Waals surface area contributed by atoms with Crippen molar-refractivity contribution in [1.82, 2.24) is 10.3 Å². The van der Waals surface area contributed by atoms with Gasteiger partial charge in [-0.1, -0.05) is 12.2 Å². The maximum Gasteiger partial charge on any atom is 0.326 e. The van der Waals surface area contributed by atoms with Crippen molar-refractivity contribution < 1.29 is 19.5 Å². The van der Waals surface area contributed by atoms with Crippen LogP contribution in [0.3, 0.4) is 0 Å². The molecule has 102 valence electrons. The van der Waals surface area contributed by atoms with Gasteiger partial charge >= 0.3 is 5.97 Å². The van der Waals surface area contributed by atoms with Crippen molar-refractivity contribution in [2.24, 2.45) is 0 Å². The third kappa shape index (κ3) is 4.09. The molecule has 0 aliphatic carbocycles. The molecule has 0 saturated heterocycles. The van der Waals surface area contributed by atoms with Crippen molar-refractivity contribution in [2.75, 3.05) is 0 Å². The summed E-state index contributed by atoms with van der Waals surface area (Å²) < 4.78 is 0. The first-order valence-electron chi connectivity index (χ1n) is 5.80. The number of allylic oxidation sites excluding steroid dienone is 1. The van der Waals surface area contributed by atoms with Crippen LogP contribution in [0.5, 0.6) is 0 Å². The standard InChI is InChI=1S/C13H16N2O4/c1-3-4-5-10(13(18)19)15-12(17)11-6-9(7-14-11)8(2)16/h3-4,6-7,10,14H,5H2,1-2H3,(H,15,17)(H,18,19)/b4-3+. The lowest BCUT2D eigenvalue weighted by Gasteiger charge is -2.11. The van der Waals surface area contributed by atoms with Gasteiger partial charge in [0.1, 0.15) is 11.7 Å². The van der Waals surface area contributed by atoms with Gasteiger partial charge in [0, 0.05) is 11.8 Å². The Labute approximate surface area is 110 Å². The van der Waals surface area contributed by atoms with Crippen LogP contribution in [0.25, 0.3) is 0 Å². The maximum absolute atomic E-state index is 11.8. The molecular formula is C13H16N2O4. The summed E-state index contributed by atoms with van der Waals surface area (Å²) in [6, 6.07) is 0.402. The first-order valence-corrected chi connectivity index (χ1v) is 5.80. The molecule has 3 N–H and O–H groups in total. The summed E-state index contributed by atoms with van der Waals surface area (Å²) in [5.74, 6) is -1.83. The van der Waals surface area contributed by atoms with Gasteiger partial charge in [-0.15, -0.1) is 0 Å². The first-order chi connectivity index (χ1) is 8.95. The third-order valence-corrected chi connectivity index (χ3v) is 2.55. The van der Waals surface area contributed by atoms with Gasteiger partial charge in [-0.3, -0.25) is 9.59 Å². The number of rotatable bonds is 6. The van der Waals surface area contributed by atoms with E-state index in [1.807, 2.05) is 0 Å². The van der Waals surface area contributed by atoms with E-state index in [1.165, 1.54) is 19.2 Å².